The highest BCUT2D eigenvalue weighted by Gasteiger charge is 2.24. The molecule has 0 radical (unpaired) electrons. The van der Waals surface area contributed by atoms with Gasteiger partial charge in [0.05, 0.1) is 11.0 Å². The Bertz CT molecular complexity index is 429. The lowest BCUT2D eigenvalue weighted by Crippen LogP contribution is -2.10. The molecule has 2 N–H and O–H groups in total. The Balaban J connectivity index is 2.60. The minimum absolute atomic E-state index is 0.0576. The van der Waals surface area contributed by atoms with Gasteiger partial charge in [0.2, 0.25) is 5.82 Å². The smallest absolute Gasteiger partial charge is 0.333 e. The van der Waals surface area contributed by atoms with Gasteiger partial charge in [0, 0.05) is 0 Å². The first-order chi connectivity index (χ1) is 8.99. The maximum Gasteiger partial charge on any atom is 0.333 e. The van der Waals surface area contributed by atoms with E-state index in [2.05, 4.69) is 12.0 Å². The van der Waals surface area contributed by atoms with Crippen molar-refractivity contribution in [1.82, 2.24) is 9.78 Å². The van der Waals surface area contributed by atoms with Crippen molar-refractivity contribution < 1.29 is 4.92 Å². The number of aryl methyl sites for hydroxylation is 1. The molecule has 0 aliphatic carbocycles. The second-order valence-corrected chi connectivity index (χ2v) is 5.07. The molecule has 1 rings (SSSR count). The van der Waals surface area contributed by atoms with E-state index >= 15 is 0 Å². The van der Waals surface area contributed by atoms with E-state index in [0.717, 1.165) is 12.8 Å². The molecule has 0 aliphatic heterocycles. The number of nitrogens with zero attached hydrogens (tertiary/aromatic N) is 3. The van der Waals surface area contributed by atoms with Crippen LogP contribution in [0.5, 0.6) is 0 Å². The monoisotopic (exact) mass is 268 g/mol. The molecule has 1 atom stereocenters. The Labute approximate surface area is 114 Å². The summed E-state index contributed by atoms with van der Waals surface area (Å²) in [6.45, 7) is 5.82. The zero-order valence-electron chi connectivity index (χ0n) is 12.1. The van der Waals surface area contributed by atoms with Crippen molar-refractivity contribution >= 4 is 11.5 Å². The van der Waals surface area contributed by atoms with Gasteiger partial charge in [-0.3, -0.25) is 10.1 Å². The average molecular weight is 268 g/mol. The molecular weight excluding hydrogens is 244 g/mol. The topological polar surface area (TPSA) is 87.0 Å². The molecular formula is C13H24N4O2. The van der Waals surface area contributed by atoms with Gasteiger partial charge < -0.3 is 5.73 Å². The predicted molar refractivity (Wildman–Crippen MR) is 76.1 cm³/mol. The maximum atomic E-state index is 10.9. The number of hydrogen-bond acceptors (Lipinski definition) is 4. The Morgan fingerprint density at radius 2 is 2.00 bits per heavy atom. The SMILES string of the molecule is CCCCCCCC(C)n1nc(C)c([N+](=O)[O-])c1N. The number of nitrogen functional groups attached to an aromatic ring is 1. The normalized spacial score (nSPS) is 12.6. The summed E-state index contributed by atoms with van der Waals surface area (Å²) in [5, 5.41) is 15.1. The number of hydrogen-bond donors (Lipinski definition) is 1. The molecule has 1 heterocycles. The maximum absolute atomic E-state index is 10.9. The number of nitro groups is 1. The molecule has 0 aliphatic rings. The lowest BCUT2D eigenvalue weighted by atomic mass is 10.1. The Hall–Kier alpha value is -1.59. The van der Waals surface area contributed by atoms with E-state index in [1.165, 1.54) is 25.7 Å². The van der Waals surface area contributed by atoms with E-state index in [1.54, 1.807) is 11.6 Å². The third kappa shape index (κ3) is 3.94. The summed E-state index contributed by atoms with van der Waals surface area (Å²) in [5.74, 6) is 0.170. The third-order valence-electron chi connectivity index (χ3n) is 3.42. The third-order valence-corrected chi connectivity index (χ3v) is 3.42. The van der Waals surface area contributed by atoms with Crippen LogP contribution >= 0.6 is 0 Å². The summed E-state index contributed by atoms with van der Waals surface area (Å²) in [7, 11) is 0. The van der Waals surface area contributed by atoms with E-state index in [0.29, 0.717) is 5.69 Å². The number of anilines is 1. The first-order valence-corrected chi connectivity index (χ1v) is 6.98. The molecule has 0 aromatic carbocycles. The van der Waals surface area contributed by atoms with Crippen LogP contribution in [0.2, 0.25) is 0 Å². The van der Waals surface area contributed by atoms with E-state index in [4.69, 9.17) is 5.73 Å². The van der Waals surface area contributed by atoms with Gasteiger partial charge in [0.1, 0.15) is 5.69 Å². The molecule has 108 valence electrons. The van der Waals surface area contributed by atoms with Crippen LogP contribution in [0.3, 0.4) is 0 Å². The molecule has 0 spiro atoms. The van der Waals surface area contributed by atoms with Crippen molar-refractivity contribution in [2.45, 2.75) is 65.3 Å². The zero-order valence-corrected chi connectivity index (χ0v) is 12.1. The molecule has 0 fully saturated rings. The van der Waals surface area contributed by atoms with E-state index < -0.39 is 4.92 Å². The minimum Gasteiger partial charge on any atom is -0.378 e. The fourth-order valence-electron chi connectivity index (χ4n) is 2.28. The van der Waals surface area contributed by atoms with Crippen LogP contribution < -0.4 is 5.73 Å². The molecule has 6 heteroatoms. The van der Waals surface area contributed by atoms with Crippen LogP contribution in [-0.2, 0) is 0 Å². The second kappa shape index (κ2) is 7.11. The summed E-state index contributed by atoms with van der Waals surface area (Å²) in [5.41, 5.74) is 6.15. The van der Waals surface area contributed by atoms with Crippen LogP contribution in [0.1, 0.15) is 64.1 Å². The molecule has 1 aromatic heterocycles. The summed E-state index contributed by atoms with van der Waals surface area (Å²) in [4.78, 5) is 10.4. The Morgan fingerprint density at radius 3 is 2.53 bits per heavy atom. The highest BCUT2D eigenvalue weighted by atomic mass is 16.6. The standard InChI is InChI=1S/C13H24N4O2/c1-4-5-6-7-8-9-10(2)16-13(14)12(17(18)19)11(3)15-16/h10H,4-9,14H2,1-3H3. The molecule has 6 nitrogen and oxygen atoms in total. The molecule has 1 unspecified atom stereocenters. The first kappa shape index (κ1) is 15.5. The van der Waals surface area contributed by atoms with Crippen LogP contribution in [-0.4, -0.2) is 14.7 Å². The molecule has 0 saturated carbocycles. The Kier molecular flexibility index (Phi) is 5.79. The van der Waals surface area contributed by atoms with Gasteiger partial charge in [-0.15, -0.1) is 0 Å². The summed E-state index contributed by atoms with van der Waals surface area (Å²) < 4.78 is 1.59. The molecule has 1 aromatic rings. The van der Waals surface area contributed by atoms with Crippen LogP contribution in [0.15, 0.2) is 0 Å². The highest BCUT2D eigenvalue weighted by molar-refractivity contribution is 5.56. The fourth-order valence-corrected chi connectivity index (χ4v) is 2.28. The van der Waals surface area contributed by atoms with Crippen molar-refractivity contribution in [1.29, 1.82) is 0 Å². The van der Waals surface area contributed by atoms with Crippen molar-refractivity contribution in [2.24, 2.45) is 0 Å². The molecule has 0 amide bonds. The number of unbranched alkanes of at least 4 members (excludes halogenated alkanes) is 4. The zero-order chi connectivity index (χ0) is 14.4. The lowest BCUT2D eigenvalue weighted by Gasteiger charge is -2.13. The van der Waals surface area contributed by atoms with Crippen molar-refractivity contribution in [3.8, 4) is 0 Å². The van der Waals surface area contributed by atoms with Crippen molar-refractivity contribution in [3.63, 3.8) is 0 Å². The van der Waals surface area contributed by atoms with Gasteiger partial charge in [-0.05, 0) is 20.3 Å². The fraction of sp³-hybridized carbons (Fsp3) is 0.769. The van der Waals surface area contributed by atoms with Gasteiger partial charge in [-0.2, -0.15) is 5.10 Å². The summed E-state index contributed by atoms with van der Waals surface area (Å²) in [6.07, 6.45) is 6.99. The minimum atomic E-state index is -0.456. The molecule has 19 heavy (non-hydrogen) atoms. The van der Waals surface area contributed by atoms with E-state index in [9.17, 15) is 10.1 Å². The van der Waals surface area contributed by atoms with Gasteiger partial charge >= 0.3 is 5.69 Å². The Morgan fingerprint density at radius 1 is 1.37 bits per heavy atom. The summed E-state index contributed by atoms with van der Waals surface area (Å²) in [6, 6.07) is 0.106. The van der Waals surface area contributed by atoms with Crippen LogP contribution in [0.25, 0.3) is 0 Å². The number of nitrogens with two attached hydrogens (primary N) is 1. The van der Waals surface area contributed by atoms with Crippen LogP contribution in [0.4, 0.5) is 11.5 Å². The second-order valence-electron chi connectivity index (χ2n) is 5.07. The predicted octanol–water partition coefficient (Wildman–Crippen LogP) is 3.60. The average Bonchev–Trinajstić information content (AvgIpc) is 2.64. The molecule has 0 bridgehead atoms. The quantitative estimate of drug-likeness (QED) is 0.443. The van der Waals surface area contributed by atoms with E-state index in [1.807, 2.05) is 6.92 Å². The van der Waals surface area contributed by atoms with Gasteiger partial charge in [-0.1, -0.05) is 39.0 Å². The van der Waals surface area contributed by atoms with Gasteiger partial charge in [0.25, 0.3) is 0 Å². The highest BCUT2D eigenvalue weighted by Crippen LogP contribution is 2.29. The van der Waals surface area contributed by atoms with Crippen molar-refractivity contribution in [2.75, 3.05) is 5.73 Å². The van der Waals surface area contributed by atoms with Gasteiger partial charge in [-0.25, -0.2) is 4.68 Å². The largest absolute Gasteiger partial charge is 0.378 e. The van der Waals surface area contributed by atoms with E-state index in [-0.39, 0.29) is 17.5 Å². The lowest BCUT2D eigenvalue weighted by molar-refractivity contribution is -0.384. The van der Waals surface area contributed by atoms with Crippen LogP contribution in [0, 0.1) is 17.0 Å². The number of aromatic nitrogens is 2. The number of rotatable bonds is 8. The summed E-state index contributed by atoms with van der Waals surface area (Å²) >= 11 is 0. The van der Waals surface area contributed by atoms with Crippen molar-refractivity contribution in [3.05, 3.63) is 15.8 Å². The first-order valence-electron chi connectivity index (χ1n) is 6.98. The van der Waals surface area contributed by atoms with Gasteiger partial charge in [0.15, 0.2) is 0 Å². The molecule has 0 saturated heterocycles.